The Balaban J connectivity index is 1.77. The molecule has 0 unspecified atom stereocenters. The number of halogens is 2. The van der Waals surface area contributed by atoms with Gasteiger partial charge in [0.25, 0.3) is 5.91 Å². The van der Waals surface area contributed by atoms with Gasteiger partial charge < -0.3 is 19.5 Å². The number of amides is 1. The first-order chi connectivity index (χ1) is 15.9. The Bertz CT molecular complexity index is 1220. The number of benzene rings is 3. The highest BCUT2D eigenvalue weighted by Gasteiger charge is 2.14. The molecular weight excluding hydrogens is 508 g/mol. The summed E-state index contributed by atoms with van der Waals surface area (Å²) in [5, 5.41) is 12.6. The highest BCUT2D eigenvalue weighted by molar-refractivity contribution is 9.10. The van der Waals surface area contributed by atoms with Crippen molar-refractivity contribution >= 4 is 45.2 Å². The molecule has 0 aromatic heterocycles. The van der Waals surface area contributed by atoms with Gasteiger partial charge in [0.2, 0.25) is 0 Å². The summed E-state index contributed by atoms with van der Waals surface area (Å²) < 4.78 is 17.5. The number of methoxy groups -OCH3 is 2. The van der Waals surface area contributed by atoms with E-state index in [-0.39, 0.29) is 5.57 Å². The van der Waals surface area contributed by atoms with E-state index < -0.39 is 5.91 Å². The Morgan fingerprint density at radius 3 is 2.39 bits per heavy atom. The molecular formula is C25H20BrClN2O4. The van der Waals surface area contributed by atoms with Crippen LogP contribution >= 0.6 is 27.5 Å². The molecule has 3 rings (SSSR count). The van der Waals surface area contributed by atoms with Gasteiger partial charge in [-0.1, -0.05) is 45.7 Å². The molecule has 0 fully saturated rings. The highest BCUT2D eigenvalue weighted by Crippen LogP contribution is 2.31. The van der Waals surface area contributed by atoms with Gasteiger partial charge in [-0.05, 0) is 59.7 Å². The smallest absolute Gasteiger partial charge is 0.266 e. The summed E-state index contributed by atoms with van der Waals surface area (Å²) in [6, 6.07) is 19.7. The zero-order valence-corrected chi connectivity index (χ0v) is 20.2. The number of nitrogens with one attached hydrogen (secondary N) is 1. The first-order valence-corrected chi connectivity index (χ1v) is 10.9. The number of nitrogens with zero attached hydrogens (tertiary/aromatic N) is 1. The molecule has 0 spiro atoms. The molecule has 3 aromatic rings. The standard InChI is InChI=1S/C25H20BrClN2O4/c1-31-22-10-8-20(27)13-21(22)29-25(30)18(14-28)11-17-5-9-23(24(12-17)32-2)33-15-16-3-6-19(26)7-4-16/h3-13H,15H2,1-2H3,(H,29,30)/b18-11+. The van der Waals surface area contributed by atoms with Gasteiger partial charge in [-0.15, -0.1) is 0 Å². The van der Waals surface area contributed by atoms with Crippen LogP contribution in [0.2, 0.25) is 5.02 Å². The van der Waals surface area contributed by atoms with E-state index >= 15 is 0 Å². The third kappa shape index (κ3) is 6.51. The van der Waals surface area contributed by atoms with Gasteiger partial charge in [0, 0.05) is 9.50 Å². The summed E-state index contributed by atoms with van der Waals surface area (Å²) >= 11 is 9.41. The summed E-state index contributed by atoms with van der Waals surface area (Å²) in [6.45, 7) is 0.367. The van der Waals surface area contributed by atoms with Crippen LogP contribution in [0.4, 0.5) is 5.69 Å². The van der Waals surface area contributed by atoms with Crippen LogP contribution in [-0.2, 0) is 11.4 Å². The second-order valence-electron chi connectivity index (χ2n) is 6.79. The van der Waals surface area contributed by atoms with Crippen molar-refractivity contribution in [3.8, 4) is 23.3 Å². The second kappa shape index (κ2) is 11.4. The Morgan fingerprint density at radius 1 is 1.03 bits per heavy atom. The van der Waals surface area contributed by atoms with Crippen molar-refractivity contribution in [1.29, 1.82) is 5.26 Å². The van der Waals surface area contributed by atoms with Crippen molar-refractivity contribution in [3.63, 3.8) is 0 Å². The third-order valence-corrected chi connectivity index (χ3v) is 5.34. The maximum absolute atomic E-state index is 12.7. The van der Waals surface area contributed by atoms with Crippen LogP contribution in [0.3, 0.4) is 0 Å². The maximum Gasteiger partial charge on any atom is 0.266 e. The lowest BCUT2D eigenvalue weighted by molar-refractivity contribution is -0.112. The minimum Gasteiger partial charge on any atom is -0.495 e. The van der Waals surface area contributed by atoms with Gasteiger partial charge in [0.1, 0.15) is 24.0 Å². The maximum atomic E-state index is 12.7. The average Bonchev–Trinajstić information content (AvgIpc) is 2.82. The number of carbonyl (C=O) groups is 1. The Kier molecular flexibility index (Phi) is 8.36. The number of anilines is 1. The van der Waals surface area contributed by atoms with Crippen LogP contribution in [0.25, 0.3) is 6.08 Å². The van der Waals surface area contributed by atoms with Crippen LogP contribution in [0.1, 0.15) is 11.1 Å². The van der Waals surface area contributed by atoms with E-state index in [9.17, 15) is 10.1 Å². The molecule has 0 heterocycles. The van der Waals surface area contributed by atoms with E-state index in [0.29, 0.717) is 40.1 Å². The fourth-order valence-corrected chi connectivity index (χ4v) is 3.35. The van der Waals surface area contributed by atoms with Gasteiger partial charge in [-0.3, -0.25) is 4.79 Å². The first-order valence-electron chi connectivity index (χ1n) is 9.75. The van der Waals surface area contributed by atoms with E-state index in [2.05, 4.69) is 21.2 Å². The Labute approximate surface area is 205 Å². The monoisotopic (exact) mass is 526 g/mol. The fourth-order valence-electron chi connectivity index (χ4n) is 2.92. The number of ether oxygens (including phenoxy) is 3. The summed E-state index contributed by atoms with van der Waals surface area (Å²) in [5.41, 5.74) is 1.88. The van der Waals surface area contributed by atoms with Gasteiger partial charge in [0.15, 0.2) is 11.5 Å². The van der Waals surface area contributed by atoms with Crippen LogP contribution in [-0.4, -0.2) is 20.1 Å². The summed E-state index contributed by atoms with van der Waals surface area (Å²) in [5.74, 6) is 0.867. The fraction of sp³-hybridized carbons (Fsp3) is 0.120. The molecule has 0 atom stereocenters. The molecule has 0 saturated heterocycles. The normalized spacial score (nSPS) is 10.8. The van der Waals surface area contributed by atoms with Crippen LogP contribution in [0, 0.1) is 11.3 Å². The largest absolute Gasteiger partial charge is 0.495 e. The molecule has 8 heteroatoms. The van der Waals surface area contributed by atoms with E-state index in [1.54, 1.807) is 36.4 Å². The molecule has 0 aliphatic heterocycles. The van der Waals surface area contributed by atoms with Crippen LogP contribution < -0.4 is 19.5 Å². The number of hydrogen-bond acceptors (Lipinski definition) is 5. The van der Waals surface area contributed by atoms with Crippen molar-refractivity contribution in [2.24, 2.45) is 0 Å². The van der Waals surface area contributed by atoms with Crippen molar-refractivity contribution < 1.29 is 19.0 Å². The Hall–Kier alpha value is -3.47. The predicted octanol–water partition coefficient (Wildman–Crippen LogP) is 6.24. The van der Waals surface area contributed by atoms with Crippen molar-refractivity contribution in [2.45, 2.75) is 6.61 Å². The van der Waals surface area contributed by atoms with Gasteiger partial charge in [-0.2, -0.15) is 5.26 Å². The lowest BCUT2D eigenvalue weighted by atomic mass is 10.1. The van der Waals surface area contributed by atoms with E-state index in [1.807, 2.05) is 30.3 Å². The highest BCUT2D eigenvalue weighted by atomic mass is 79.9. The van der Waals surface area contributed by atoms with Crippen LogP contribution in [0.5, 0.6) is 17.2 Å². The van der Waals surface area contributed by atoms with E-state index in [0.717, 1.165) is 10.0 Å². The van der Waals surface area contributed by atoms with E-state index in [1.165, 1.54) is 20.3 Å². The number of nitriles is 1. The van der Waals surface area contributed by atoms with Gasteiger partial charge in [-0.25, -0.2) is 0 Å². The molecule has 0 saturated carbocycles. The number of rotatable bonds is 8. The number of carbonyl (C=O) groups excluding carboxylic acids is 1. The first kappa shape index (κ1) is 24.2. The quantitative estimate of drug-likeness (QED) is 0.277. The Morgan fingerprint density at radius 2 is 1.73 bits per heavy atom. The molecule has 0 radical (unpaired) electrons. The SMILES string of the molecule is COc1ccc(Cl)cc1NC(=O)/C(C#N)=C/c1ccc(OCc2ccc(Br)cc2)c(OC)c1. The second-order valence-corrected chi connectivity index (χ2v) is 8.15. The molecule has 3 aromatic carbocycles. The average molecular weight is 528 g/mol. The van der Waals surface area contributed by atoms with Crippen molar-refractivity contribution in [1.82, 2.24) is 0 Å². The number of hydrogen-bond donors (Lipinski definition) is 1. The minimum atomic E-state index is -0.590. The van der Waals surface area contributed by atoms with Crippen molar-refractivity contribution in [2.75, 3.05) is 19.5 Å². The molecule has 1 amide bonds. The third-order valence-electron chi connectivity index (χ3n) is 4.58. The zero-order chi connectivity index (χ0) is 23.8. The topological polar surface area (TPSA) is 80.6 Å². The molecule has 6 nitrogen and oxygen atoms in total. The summed E-state index contributed by atoms with van der Waals surface area (Å²) in [4.78, 5) is 12.7. The molecule has 0 aliphatic rings. The van der Waals surface area contributed by atoms with E-state index in [4.69, 9.17) is 25.8 Å². The van der Waals surface area contributed by atoms with Gasteiger partial charge in [0.05, 0.1) is 19.9 Å². The lowest BCUT2D eigenvalue weighted by Gasteiger charge is -2.12. The predicted molar refractivity (Wildman–Crippen MR) is 132 cm³/mol. The molecule has 0 aliphatic carbocycles. The molecule has 33 heavy (non-hydrogen) atoms. The van der Waals surface area contributed by atoms with Crippen molar-refractivity contribution in [3.05, 3.63) is 86.9 Å². The molecule has 0 bridgehead atoms. The molecule has 1 N–H and O–H groups in total. The zero-order valence-electron chi connectivity index (χ0n) is 17.9. The summed E-state index contributed by atoms with van der Waals surface area (Å²) in [6.07, 6.45) is 1.47. The van der Waals surface area contributed by atoms with Crippen LogP contribution in [0.15, 0.2) is 70.7 Å². The molecule has 168 valence electrons. The minimum absolute atomic E-state index is 0.0948. The summed E-state index contributed by atoms with van der Waals surface area (Å²) in [7, 11) is 3.01. The lowest BCUT2D eigenvalue weighted by Crippen LogP contribution is -2.14. The van der Waals surface area contributed by atoms with Gasteiger partial charge >= 0.3 is 0 Å².